The van der Waals surface area contributed by atoms with Crippen LogP contribution in [0.15, 0.2) is 53.5 Å². The molecule has 1 nitrogen and oxygen atoms in total. The average molecular weight is 343 g/mol. The molecule has 0 fully saturated rings. The Morgan fingerprint density at radius 1 is 0.917 bits per heavy atom. The largest absolute Gasteiger partial charge is 0.344 e. The van der Waals surface area contributed by atoms with Crippen LogP contribution in [-0.2, 0) is 0 Å². The number of hydrogen-bond donors (Lipinski definition) is 0. The Morgan fingerprint density at radius 2 is 1.54 bits per heavy atom. The zero-order chi connectivity index (χ0) is 17.6. The Morgan fingerprint density at radius 3 is 2.12 bits per heavy atom. The Hall–Kier alpha value is -1.07. The maximum absolute atomic E-state index is 2.66. The molecule has 132 valence electrons. The van der Waals surface area contributed by atoms with Gasteiger partial charge in [0.05, 0.1) is 8.07 Å². The van der Waals surface area contributed by atoms with Gasteiger partial charge in [-0.1, -0.05) is 63.1 Å². The van der Waals surface area contributed by atoms with E-state index in [-0.39, 0.29) is 5.54 Å². The summed E-state index contributed by atoms with van der Waals surface area (Å²) in [6.45, 7) is 11.6. The van der Waals surface area contributed by atoms with E-state index in [1.54, 1.807) is 5.31 Å². The fourth-order valence-electron chi connectivity index (χ4n) is 3.07. The van der Waals surface area contributed by atoms with Gasteiger partial charge in [0.15, 0.2) is 0 Å². The summed E-state index contributed by atoms with van der Waals surface area (Å²) in [4.78, 5) is 0. The van der Waals surface area contributed by atoms with Crippen LogP contribution in [0.1, 0.15) is 73.1 Å². The average Bonchev–Trinajstić information content (AvgIpc) is 2.57. The van der Waals surface area contributed by atoms with Crippen molar-refractivity contribution in [1.29, 1.82) is 0 Å². The smallest absolute Gasteiger partial charge is 0.0508 e. The number of rotatable bonds is 7. The lowest BCUT2D eigenvalue weighted by Gasteiger charge is -2.45. The van der Waals surface area contributed by atoms with Crippen molar-refractivity contribution in [2.24, 2.45) is 0 Å². The summed E-state index contributed by atoms with van der Waals surface area (Å²) in [7, 11) is -0.417. The molecular formula is C22H34NP. The fourth-order valence-corrected chi connectivity index (χ4v) is 5.91. The molecule has 1 atom stereocenters. The van der Waals surface area contributed by atoms with Crippen molar-refractivity contribution in [2.45, 2.75) is 78.7 Å². The number of unbranched alkanes of at least 4 members (excludes halogenated alkanes) is 2. The van der Waals surface area contributed by atoms with E-state index in [1.807, 2.05) is 0 Å². The van der Waals surface area contributed by atoms with Crippen LogP contribution in [0, 0.1) is 0 Å². The first-order valence-electron chi connectivity index (χ1n) is 9.53. The third-order valence-corrected chi connectivity index (χ3v) is 7.25. The maximum atomic E-state index is 2.66. The standard InChI is InChI=1S/C22H34NP/c1-6-8-13-19-17-21(14-9-7-2)24(20-15-11-10-12-16-20)23(18-19)22(3,4)5/h10-12,15-18H,6-9,13-14H2,1-5H3. The van der Waals surface area contributed by atoms with Crippen molar-refractivity contribution in [1.82, 2.24) is 4.67 Å². The topological polar surface area (TPSA) is 3.24 Å². The summed E-state index contributed by atoms with van der Waals surface area (Å²) in [5, 5.41) is 3.14. The summed E-state index contributed by atoms with van der Waals surface area (Å²) in [6, 6.07) is 11.1. The molecule has 0 saturated carbocycles. The van der Waals surface area contributed by atoms with E-state index in [1.165, 1.54) is 49.4 Å². The van der Waals surface area contributed by atoms with E-state index in [9.17, 15) is 0 Å². The summed E-state index contributed by atoms with van der Waals surface area (Å²) >= 11 is 0. The molecular weight excluding hydrogens is 309 g/mol. The van der Waals surface area contributed by atoms with Gasteiger partial charge in [0.25, 0.3) is 0 Å². The summed E-state index contributed by atoms with van der Waals surface area (Å²) in [5.74, 6) is 0. The Labute approximate surface area is 150 Å². The Bertz CT molecular complexity index is 565. The van der Waals surface area contributed by atoms with Crippen molar-refractivity contribution in [3.8, 4) is 0 Å². The van der Waals surface area contributed by atoms with E-state index >= 15 is 0 Å². The second kappa shape index (κ2) is 8.86. The molecule has 1 aliphatic heterocycles. The lowest BCUT2D eigenvalue weighted by Crippen LogP contribution is -2.37. The Kier molecular flexibility index (Phi) is 7.11. The molecule has 0 aromatic heterocycles. The third kappa shape index (κ3) is 4.96. The molecule has 0 spiro atoms. The molecule has 1 aromatic carbocycles. The monoisotopic (exact) mass is 343 g/mol. The maximum Gasteiger partial charge on any atom is 0.0508 e. The number of benzene rings is 1. The molecule has 0 amide bonds. The van der Waals surface area contributed by atoms with Crippen LogP contribution >= 0.6 is 8.07 Å². The highest BCUT2D eigenvalue weighted by Gasteiger charge is 2.32. The fraction of sp³-hybridized carbons (Fsp3) is 0.545. The van der Waals surface area contributed by atoms with E-state index in [0.29, 0.717) is 0 Å². The second-order valence-corrected chi connectivity index (χ2v) is 9.85. The predicted octanol–water partition coefficient (Wildman–Crippen LogP) is 6.97. The summed E-state index contributed by atoms with van der Waals surface area (Å²) in [5.41, 5.74) is 1.66. The van der Waals surface area contributed by atoms with Gasteiger partial charge in [0.2, 0.25) is 0 Å². The molecule has 0 bridgehead atoms. The molecule has 2 heteroatoms. The van der Waals surface area contributed by atoms with Crippen molar-refractivity contribution in [3.63, 3.8) is 0 Å². The van der Waals surface area contributed by atoms with Crippen LogP contribution < -0.4 is 5.30 Å². The van der Waals surface area contributed by atoms with Gasteiger partial charge in [-0.3, -0.25) is 0 Å². The second-order valence-electron chi connectivity index (χ2n) is 7.71. The van der Waals surface area contributed by atoms with E-state index in [2.05, 4.69) is 81.9 Å². The minimum Gasteiger partial charge on any atom is -0.344 e. The molecule has 0 saturated heterocycles. The minimum absolute atomic E-state index is 0.144. The number of nitrogens with zero attached hydrogens (tertiary/aromatic N) is 1. The van der Waals surface area contributed by atoms with Gasteiger partial charge in [-0.15, -0.1) is 0 Å². The first-order chi connectivity index (χ1) is 11.5. The first-order valence-corrected chi connectivity index (χ1v) is 10.8. The van der Waals surface area contributed by atoms with Crippen LogP contribution in [-0.4, -0.2) is 10.2 Å². The number of allylic oxidation sites excluding steroid dienone is 3. The van der Waals surface area contributed by atoms with Crippen LogP contribution in [0.25, 0.3) is 0 Å². The SMILES string of the molecule is CCCCC1=CN(C(C)(C)C)P(c2ccccc2)C(CCCC)=C1. The van der Waals surface area contributed by atoms with Gasteiger partial charge >= 0.3 is 0 Å². The van der Waals surface area contributed by atoms with Gasteiger partial charge < -0.3 is 4.67 Å². The minimum atomic E-state index is -0.417. The summed E-state index contributed by atoms with van der Waals surface area (Å²) < 4.78 is 2.66. The molecule has 0 radical (unpaired) electrons. The first kappa shape index (κ1) is 19.3. The van der Waals surface area contributed by atoms with Crippen LogP contribution in [0.3, 0.4) is 0 Å². The predicted molar refractivity (Wildman–Crippen MR) is 110 cm³/mol. The van der Waals surface area contributed by atoms with Crippen LogP contribution in [0.4, 0.5) is 0 Å². The highest BCUT2D eigenvalue weighted by atomic mass is 31.1. The molecule has 1 aromatic rings. The molecule has 1 unspecified atom stereocenters. The molecule has 1 heterocycles. The van der Waals surface area contributed by atoms with Crippen LogP contribution in [0.5, 0.6) is 0 Å². The van der Waals surface area contributed by atoms with E-state index in [0.717, 1.165) is 0 Å². The van der Waals surface area contributed by atoms with Crippen molar-refractivity contribution in [2.75, 3.05) is 0 Å². The quantitative estimate of drug-likeness (QED) is 0.483. The zero-order valence-corrected chi connectivity index (χ0v) is 17.1. The van der Waals surface area contributed by atoms with E-state index < -0.39 is 8.07 Å². The van der Waals surface area contributed by atoms with Gasteiger partial charge in [-0.25, -0.2) is 0 Å². The van der Waals surface area contributed by atoms with Crippen LogP contribution in [0.2, 0.25) is 0 Å². The molecule has 1 aliphatic rings. The lowest BCUT2D eigenvalue weighted by atomic mass is 10.1. The van der Waals surface area contributed by atoms with Gasteiger partial charge in [-0.05, 0) is 57.3 Å². The molecule has 0 aliphatic carbocycles. The normalized spacial score (nSPS) is 18.4. The van der Waals surface area contributed by atoms with Gasteiger partial charge in [0.1, 0.15) is 0 Å². The zero-order valence-electron chi connectivity index (χ0n) is 16.2. The van der Waals surface area contributed by atoms with Gasteiger partial charge in [-0.2, -0.15) is 0 Å². The molecule has 24 heavy (non-hydrogen) atoms. The lowest BCUT2D eigenvalue weighted by molar-refractivity contribution is 0.337. The number of hydrogen-bond acceptors (Lipinski definition) is 1. The molecule has 0 N–H and O–H groups in total. The highest BCUT2D eigenvalue weighted by Crippen LogP contribution is 2.56. The highest BCUT2D eigenvalue weighted by molar-refractivity contribution is 7.67. The molecule has 2 rings (SSSR count). The van der Waals surface area contributed by atoms with Gasteiger partial charge in [0, 0.05) is 17.0 Å². The van der Waals surface area contributed by atoms with E-state index in [4.69, 9.17) is 0 Å². The third-order valence-electron chi connectivity index (χ3n) is 4.42. The van der Waals surface area contributed by atoms with Crippen molar-refractivity contribution >= 4 is 13.4 Å². The van der Waals surface area contributed by atoms with Crippen molar-refractivity contribution < 1.29 is 0 Å². The summed E-state index contributed by atoms with van der Waals surface area (Å²) in [6.07, 6.45) is 12.5. The Balaban J connectivity index is 2.42. The van der Waals surface area contributed by atoms with Crippen molar-refractivity contribution in [3.05, 3.63) is 53.5 Å².